The third-order valence-electron chi connectivity index (χ3n) is 2.88. The van der Waals surface area contributed by atoms with Crippen molar-refractivity contribution in [3.8, 4) is 0 Å². The molecule has 1 heterocycles. The van der Waals surface area contributed by atoms with Gasteiger partial charge in [-0.15, -0.1) is 11.8 Å². The lowest BCUT2D eigenvalue weighted by Crippen LogP contribution is -2.23. The summed E-state index contributed by atoms with van der Waals surface area (Å²) in [4.78, 5) is 12.4. The zero-order valence-corrected chi connectivity index (χ0v) is 9.83. The predicted octanol–water partition coefficient (Wildman–Crippen LogP) is 1.63. The average molecular weight is 242 g/mol. The second-order valence-electron chi connectivity index (χ2n) is 3.91. The van der Waals surface area contributed by atoms with Gasteiger partial charge in [0, 0.05) is 15.9 Å². The van der Waals surface area contributed by atoms with Crippen LogP contribution >= 0.6 is 11.8 Å². The Balaban J connectivity index is 2.45. The van der Waals surface area contributed by atoms with Crippen molar-refractivity contribution in [3.63, 3.8) is 0 Å². The Morgan fingerprint density at radius 3 is 3.00 bits per heavy atom. The molecule has 17 heavy (non-hydrogen) atoms. The van der Waals surface area contributed by atoms with Crippen molar-refractivity contribution < 1.29 is 9.90 Å². The molecule has 0 atom stereocenters. The molecule has 0 amide bonds. The summed E-state index contributed by atoms with van der Waals surface area (Å²) in [7, 11) is 0. The van der Waals surface area contributed by atoms with Gasteiger partial charge >= 0.3 is 5.97 Å². The first kappa shape index (κ1) is 10.4. The molecule has 1 N–H and O–H groups in total. The van der Waals surface area contributed by atoms with Gasteiger partial charge in [-0.2, -0.15) is 0 Å². The topological polar surface area (TPSA) is 37.3 Å². The second-order valence-corrected chi connectivity index (χ2v) is 4.94. The lowest BCUT2D eigenvalue weighted by atomic mass is 10.1. The van der Waals surface area contributed by atoms with E-state index in [0.717, 1.165) is 26.6 Å². The van der Waals surface area contributed by atoms with E-state index < -0.39 is 5.97 Å². The standard InChI is InChI=1S/C14H10O2S/c15-14(16)12-8-9-4-3-6-10(9)13-11(12)5-1-2-7-17-13/h1-6,8H,7H2,(H,15,16). The minimum absolute atomic E-state index is 0.387. The number of carboxylic acids is 1. The molecule has 0 fully saturated rings. The molecule has 0 saturated heterocycles. The molecule has 0 spiro atoms. The van der Waals surface area contributed by atoms with Gasteiger partial charge in [-0.3, -0.25) is 0 Å². The monoisotopic (exact) mass is 242 g/mol. The van der Waals surface area contributed by atoms with Crippen molar-refractivity contribution in [3.05, 3.63) is 45.9 Å². The highest BCUT2D eigenvalue weighted by Gasteiger charge is 2.15. The zero-order chi connectivity index (χ0) is 11.8. The minimum Gasteiger partial charge on any atom is -0.478 e. The Kier molecular flexibility index (Phi) is 2.41. The number of hydrogen-bond acceptors (Lipinski definition) is 2. The maximum absolute atomic E-state index is 11.3. The maximum Gasteiger partial charge on any atom is 0.336 e. The molecule has 0 radical (unpaired) electrons. The van der Waals surface area contributed by atoms with Crippen LogP contribution in [0, 0.1) is 0 Å². The van der Waals surface area contributed by atoms with Gasteiger partial charge in [0.1, 0.15) is 0 Å². The van der Waals surface area contributed by atoms with E-state index in [4.69, 9.17) is 0 Å². The molecule has 1 aromatic carbocycles. The fraction of sp³-hybridized carbons (Fsp3) is 0.0714. The summed E-state index contributed by atoms with van der Waals surface area (Å²) in [5, 5.41) is 11.1. The van der Waals surface area contributed by atoms with Crippen LogP contribution < -0.4 is 10.4 Å². The van der Waals surface area contributed by atoms with E-state index in [2.05, 4.69) is 0 Å². The third-order valence-corrected chi connectivity index (χ3v) is 3.97. The number of rotatable bonds is 1. The molecule has 3 rings (SSSR count). The molecule has 0 saturated carbocycles. The smallest absolute Gasteiger partial charge is 0.336 e. The Bertz CT molecular complexity index is 681. The molecule has 1 aromatic rings. The molecule has 0 bridgehead atoms. The highest BCUT2D eigenvalue weighted by molar-refractivity contribution is 7.99. The fourth-order valence-corrected chi connectivity index (χ4v) is 3.17. The summed E-state index contributed by atoms with van der Waals surface area (Å²) >= 11 is 1.69. The summed E-state index contributed by atoms with van der Waals surface area (Å²) in [6.07, 6.45) is 11.8. The van der Waals surface area contributed by atoms with Crippen molar-refractivity contribution in [2.75, 3.05) is 5.75 Å². The second kappa shape index (κ2) is 3.93. The molecule has 84 valence electrons. The van der Waals surface area contributed by atoms with Gasteiger partial charge in [-0.1, -0.05) is 36.5 Å². The van der Waals surface area contributed by atoms with Crippen molar-refractivity contribution in [1.82, 2.24) is 0 Å². The van der Waals surface area contributed by atoms with Crippen LogP contribution in [0.15, 0.2) is 29.2 Å². The van der Waals surface area contributed by atoms with E-state index in [1.807, 2.05) is 36.5 Å². The van der Waals surface area contributed by atoms with Crippen molar-refractivity contribution in [2.24, 2.45) is 0 Å². The Morgan fingerprint density at radius 1 is 1.29 bits per heavy atom. The Labute approximate surface area is 103 Å². The number of fused-ring (bicyclic) bond motifs is 3. The number of carbonyl (C=O) groups is 1. The van der Waals surface area contributed by atoms with Crippen LogP contribution in [0.3, 0.4) is 0 Å². The normalized spacial score (nSPS) is 15.5. The van der Waals surface area contributed by atoms with Crippen molar-refractivity contribution in [2.45, 2.75) is 4.90 Å². The van der Waals surface area contributed by atoms with Crippen LogP contribution in [0.4, 0.5) is 0 Å². The fourth-order valence-electron chi connectivity index (χ4n) is 2.12. The van der Waals surface area contributed by atoms with Crippen LogP contribution in [-0.4, -0.2) is 16.8 Å². The molecule has 0 unspecified atom stereocenters. The molecule has 0 aromatic heterocycles. The number of hydrogen-bond donors (Lipinski definition) is 1. The van der Waals surface area contributed by atoms with Crippen LogP contribution in [0.2, 0.25) is 0 Å². The molecule has 2 aliphatic rings. The highest BCUT2D eigenvalue weighted by Crippen LogP contribution is 2.22. The van der Waals surface area contributed by atoms with Crippen LogP contribution in [0.1, 0.15) is 15.9 Å². The van der Waals surface area contributed by atoms with E-state index in [1.165, 1.54) is 0 Å². The van der Waals surface area contributed by atoms with Crippen molar-refractivity contribution in [1.29, 1.82) is 0 Å². The molecule has 1 aliphatic carbocycles. The predicted molar refractivity (Wildman–Crippen MR) is 70.5 cm³/mol. The molecule has 2 nitrogen and oxygen atoms in total. The first-order chi connectivity index (χ1) is 8.27. The number of aromatic carboxylic acids is 1. The van der Waals surface area contributed by atoms with E-state index in [-0.39, 0.29) is 0 Å². The van der Waals surface area contributed by atoms with Gasteiger partial charge < -0.3 is 5.11 Å². The first-order valence-corrected chi connectivity index (χ1v) is 6.34. The van der Waals surface area contributed by atoms with Gasteiger partial charge in [-0.25, -0.2) is 4.79 Å². The zero-order valence-electron chi connectivity index (χ0n) is 9.01. The molecular formula is C14H10O2S. The first-order valence-electron chi connectivity index (χ1n) is 5.36. The van der Waals surface area contributed by atoms with Crippen molar-refractivity contribution >= 4 is 36.0 Å². The van der Waals surface area contributed by atoms with E-state index in [9.17, 15) is 9.90 Å². The molecular weight excluding hydrogens is 232 g/mol. The van der Waals surface area contributed by atoms with Gasteiger partial charge in [0.2, 0.25) is 0 Å². The maximum atomic E-state index is 11.3. The lowest BCUT2D eigenvalue weighted by molar-refractivity contribution is 0.0695. The average Bonchev–Trinajstić information content (AvgIpc) is 2.64. The lowest BCUT2D eigenvalue weighted by Gasteiger charge is -2.07. The molecule has 3 heteroatoms. The van der Waals surface area contributed by atoms with E-state index in [0.29, 0.717) is 5.56 Å². The number of benzene rings is 1. The van der Waals surface area contributed by atoms with Crippen LogP contribution in [0.25, 0.3) is 18.2 Å². The third kappa shape index (κ3) is 1.63. The van der Waals surface area contributed by atoms with Gasteiger partial charge in [0.15, 0.2) is 0 Å². The summed E-state index contributed by atoms with van der Waals surface area (Å²) < 4.78 is 0. The summed E-state index contributed by atoms with van der Waals surface area (Å²) in [6.45, 7) is 0. The largest absolute Gasteiger partial charge is 0.478 e. The van der Waals surface area contributed by atoms with Gasteiger partial charge in [0.05, 0.1) is 5.56 Å². The van der Waals surface area contributed by atoms with Crippen LogP contribution in [-0.2, 0) is 0 Å². The summed E-state index contributed by atoms with van der Waals surface area (Å²) in [6, 6.07) is 1.76. The van der Waals surface area contributed by atoms with Crippen LogP contribution in [0.5, 0.6) is 0 Å². The number of thioether (sulfide) groups is 1. The number of carboxylic acid groups (broad SMARTS) is 1. The van der Waals surface area contributed by atoms with Gasteiger partial charge in [0.25, 0.3) is 0 Å². The summed E-state index contributed by atoms with van der Waals surface area (Å²) in [5.41, 5.74) is 1.53. The Hall–Kier alpha value is -1.74. The van der Waals surface area contributed by atoms with E-state index in [1.54, 1.807) is 17.8 Å². The Morgan fingerprint density at radius 2 is 2.18 bits per heavy atom. The summed E-state index contributed by atoms with van der Waals surface area (Å²) in [5.74, 6) is 0.0174. The SMILES string of the molecule is O=C(O)c1cc2c(c3c1=CC=CCS3)C=CC=2. The quantitative estimate of drug-likeness (QED) is 0.813. The minimum atomic E-state index is -0.864. The number of allylic oxidation sites excluding steroid dienone is 2. The van der Waals surface area contributed by atoms with Gasteiger partial charge in [-0.05, 0) is 16.8 Å². The molecule has 1 aliphatic heterocycles. The van der Waals surface area contributed by atoms with E-state index >= 15 is 0 Å². The highest BCUT2D eigenvalue weighted by atomic mass is 32.2.